The number of hydrogen-bond acceptors (Lipinski definition) is 3. The van der Waals surface area contributed by atoms with Gasteiger partial charge in [0, 0.05) is 13.0 Å². The van der Waals surface area contributed by atoms with Crippen LogP contribution in [-0.4, -0.2) is 39.6 Å². The van der Waals surface area contributed by atoms with Crippen molar-refractivity contribution < 1.29 is 13.9 Å². The lowest BCUT2D eigenvalue weighted by Gasteiger charge is -2.39. The highest BCUT2D eigenvalue weighted by atomic mass is 19.1. The monoisotopic (exact) mass is 355 g/mol. The Kier molecular flexibility index (Phi) is 4.20. The molecule has 0 saturated carbocycles. The maximum Gasteiger partial charge on any atom is 0.326 e. The summed E-state index contributed by atoms with van der Waals surface area (Å²) < 4.78 is 20.7. The summed E-state index contributed by atoms with van der Waals surface area (Å²) >= 11 is 0. The summed E-state index contributed by atoms with van der Waals surface area (Å²) in [7, 11) is 0. The molecule has 1 N–H and O–H groups in total. The summed E-state index contributed by atoms with van der Waals surface area (Å²) in [6, 6.07) is 13.6. The second-order valence-electron chi connectivity index (χ2n) is 6.32. The maximum absolute atomic E-state index is 13.6. The van der Waals surface area contributed by atoms with Gasteiger partial charge in [0.05, 0.1) is 24.1 Å². The quantitative estimate of drug-likeness (QED) is 0.763. The van der Waals surface area contributed by atoms with E-state index in [0.29, 0.717) is 19.6 Å². The smallest absolute Gasteiger partial charge is 0.326 e. The van der Waals surface area contributed by atoms with E-state index in [1.54, 1.807) is 27.7 Å². The number of rotatable bonds is 5. The lowest BCUT2D eigenvalue weighted by molar-refractivity contribution is -0.140. The SMILES string of the molecule is O=C(CCn1c(=O)[nH]c2ccccc21)N1CC(Oc2ccccc2F)C1. The van der Waals surface area contributed by atoms with Gasteiger partial charge >= 0.3 is 5.69 Å². The fraction of sp³-hybridized carbons (Fsp3) is 0.263. The van der Waals surface area contributed by atoms with E-state index in [4.69, 9.17) is 4.74 Å². The van der Waals surface area contributed by atoms with Gasteiger partial charge in [-0.2, -0.15) is 0 Å². The zero-order valence-corrected chi connectivity index (χ0v) is 14.0. The first-order valence-corrected chi connectivity index (χ1v) is 8.48. The Bertz CT molecular complexity index is 1000. The first kappa shape index (κ1) is 16.4. The lowest BCUT2D eigenvalue weighted by atomic mass is 10.1. The fourth-order valence-electron chi connectivity index (χ4n) is 3.13. The van der Waals surface area contributed by atoms with Gasteiger partial charge in [0.25, 0.3) is 0 Å². The number of para-hydroxylation sites is 3. The van der Waals surface area contributed by atoms with Crippen molar-refractivity contribution in [1.29, 1.82) is 0 Å². The molecule has 2 aromatic carbocycles. The number of halogens is 1. The van der Waals surface area contributed by atoms with E-state index in [1.165, 1.54) is 6.07 Å². The van der Waals surface area contributed by atoms with E-state index in [9.17, 15) is 14.0 Å². The molecule has 0 bridgehead atoms. The zero-order chi connectivity index (χ0) is 18.1. The third-order valence-corrected chi connectivity index (χ3v) is 4.56. The van der Waals surface area contributed by atoms with Gasteiger partial charge in [-0.3, -0.25) is 9.36 Å². The molecule has 1 aromatic heterocycles. The minimum atomic E-state index is -0.406. The van der Waals surface area contributed by atoms with E-state index < -0.39 is 5.82 Å². The third-order valence-electron chi connectivity index (χ3n) is 4.56. The molecule has 1 fully saturated rings. The number of aryl methyl sites for hydroxylation is 1. The molecule has 0 atom stereocenters. The summed E-state index contributed by atoms with van der Waals surface area (Å²) in [5.41, 5.74) is 1.32. The minimum Gasteiger partial charge on any atom is -0.484 e. The highest BCUT2D eigenvalue weighted by Crippen LogP contribution is 2.21. The molecule has 0 aliphatic carbocycles. The molecular weight excluding hydrogens is 337 g/mol. The molecule has 1 amide bonds. The van der Waals surface area contributed by atoms with Crippen molar-refractivity contribution in [3.05, 3.63) is 64.8 Å². The van der Waals surface area contributed by atoms with Gasteiger partial charge in [-0.05, 0) is 24.3 Å². The van der Waals surface area contributed by atoms with Crippen molar-refractivity contribution >= 4 is 16.9 Å². The van der Waals surface area contributed by atoms with E-state index in [1.807, 2.05) is 24.3 Å². The normalized spacial score (nSPS) is 14.4. The van der Waals surface area contributed by atoms with Gasteiger partial charge in [-0.25, -0.2) is 9.18 Å². The van der Waals surface area contributed by atoms with E-state index in [-0.39, 0.29) is 29.9 Å². The Morgan fingerprint density at radius 2 is 1.88 bits per heavy atom. The van der Waals surface area contributed by atoms with E-state index in [0.717, 1.165) is 11.0 Å². The largest absolute Gasteiger partial charge is 0.484 e. The van der Waals surface area contributed by atoms with Crippen LogP contribution in [-0.2, 0) is 11.3 Å². The number of ether oxygens (including phenoxy) is 1. The second kappa shape index (κ2) is 6.67. The van der Waals surface area contributed by atoms with E-state index in [2.05, 4.69) is 4.98 Å². The number of likely N-dealkylation sites (tertiary alicyclic amines) is 1. The highest BCUT2D eigenvalue weighted by molar-refractivity contribution is 5.78. The van der Waals surface area contributed by atoms with Crippen LogP contribution in [0.3, 0.4) is 0 Å². The highest BCUT2D eigenvalue weighted by Gasteiger charge is 2.32. The molecule has 6 nitrogen and oxygen atoms in total. The molecule has 4 rings (SSSR count). The molecule has 0 spiro atoms. The number of amides is 1. The van der Waals surface area contributed by atoms with Crippen molar-refractivity contribution in [2.75, 3.05) is 13.1 Å². The van der Waals surface area contributed by atoms with Crippen LogP contribution in [0.25, 0.3) is 11.0 Å². The number of carbonyl (C=O) groups excluding carboxylic acids is 1. The molecule has 2 heterocycles. The van der Waals surface area contributed by atoms with Gasteiger partial charge in [0.2, 0.25) is 5.91 Å². The number of hydrogen-bond donors (Lipinski definition) is 1. The molecule has 0 radical (unpaired) electrons. The molecule has 3 aromatic rings. The average molecular weight is 355 g/mol. The van der Waals surface area contributed by atoms with Crippen molar-refractivity contribution in [1.82, 2.24) is 14.5 Å². The molecule has 134 valence electrons. The standard InChI is InChI=1S/C19H18FN3O3/c20-14-5-1-4-8-17(14)26-13-11-22(12-13)18(24)9-10-23-16-7-3-2-6-15(16)21-19(23)25/h1-8,13H,9-12H2,(H,21,25). The number of aromatic amines is 1. The molecule has 7 heteroatoms. The maximum atomic E-state index is 13.6. The number of benzene rings is 2. The molecule has 1 saturated heterocycles. The Labute approximate surface area is 148 Å². The second-order valence-corrected chi connectivity index (χ2v) is 6.32. The van der Waals surface area contributed by atoms with Crippen LogP contribution in [0.5, 0.6) is 5.75 Å². The number of aromatic nitrogens is 2. The predicted molar refractivity (Wildman–Crippen MR) is 94.6 cm³/mol. The van der Waals surface area contributed by atoms with Crippen LogP contribution in [0, 0.1) is 5.82 Å². The first-order valence-electron chi connectivity index (χ1n) is 8.48. The van der Waals surface area contributed by atoms with Crippen LogP contribution < -0.4 is 10.4 Å². The predicted octanol–water partition coefficient (Wildman–Crippen LogP) is 2.15. The third kappa shape index (κ3) is 3.08. The van der Waals surface area contributed by atoms with E-state index >= 15 is 0 Å². The summed E-state index contributed by atoms with van der Waals surface area (Å²) in [6.07, 6.45) is 0.0282. The minimum absolute atomic E-state index is 0.0458. The molecule has 26 heavy (non-hydrogen) atoms. The summed E-state index contributed by atoms with van der Waals surface area (Å²) in [5, 5.41) is 0. The first-order chi connectivity index (χ1) is 12.6. The summed E-state index contributed by atoms with van der Waals surface area (Å²) in [5.74, 6) is -0.249. The molecule has 0 unspecified atom stereocenters. The van der Waals surface area contributed by atoms with Crippen LogP contribution in [0.15, 0.2) is 53.3 Å². The van der Waals surface area contributed by atoms with Gasteiger partial charge in [-0.15, -0.1) is 0 Å². The number of carbonyl (C=O) groups is 1. The summed E-state index contributed by atoms with van der Waals surface area (Å²) in [4.78, 5) is 28.8. The zero-order valence-electron chi connectivity index (χ0n) is 14.0. The Hall–Kier alpha value is -3.09. The number of fused-ring (bicyclic) bond motifs is 1. The Morgan fingerprint density at radius 3 is 2.69 bits per heavy atom. The van der Waals surface area contributed by atoms with Crippen LogP contribution in [0.4, 0.5) is 4.39 Å². The number of nitrogens with one attached hydrogen (secondary N) is 1. The topological polar surface area (TPSA) is 67.3 Å². The van der Waals surface area contributed by atoms with Crippen LogP contribution >= 0.6 is 0 Å². The molecular formula is C19H18FN3O3. The number of nitrogens with zero attached hydrogens (tertiary/aromatic N) is 2. The van der Waals surface area contributed by atoms with Crippen molar-refractivity contribution in [2.24, 2.45) is 0 Å². The van der Waals surface area contributed by atoms with Crippen LogP contribution in [0.1, 0.15) is 6.42 Å². The fourth-order valence-corrected chi connectivity index (χ4v) is 3.13. The Balaban J connectivity index is 1.32. The van der Waals surface area contributed by atoms with Crippen molar-refractivity contribution in [3.8, 4) is 5.75 Å². The van der Waals surface area contributed by atoms with Crippen molar-refractivity contribution in [3.63, 3.8) is 0 Å². The molecule has 1 aliphatic heterocycles. The Morgan fingerprint density at radius 1 is 1.15 bits per heavy atom. The van der Waals surface area contributed by atoms with Crippen LogP contribution in [0.2, 0.25) is 0 Å². The van der Waals surface area contributed by atoms with Gasteiger partial charge in [-0.1, -0.05) is 24.3 Å². The number of H-pyrrole nitrogens is 1. The van der Waals surface area contributed by atoms with Gasteiger partial charge in [0.15, 0.2) is 11.6 Å². The lowest BCUT2D eigenvalue weighted by Crippen LogP contribution is -2.56. The molecule has 1 aliphatic rings. The van der Waals surface area contributed by atoms with Gasteiger partial charge < -0.3 is 14.6 Å². The van der Waals surface area contributed by atoms with Gasteiger partial charge in [0.1, 0.15) is 6.10 Å². The number of imidazole rings is 1. The van der Waals surface area contributed by atoms with Crippen molar-refractivity contribution in [2.45, 2.75) is 19.1 Å². The average Bonchev–Trinajstić information content (AvgIpc) is 2.92. The summed E-state index contributed by atoms with van der Waals surface area (Å²) in [6.45, 7) is 1.17.